The van der Waals surface area contributed by atoms with E-state index in [2.05, 4.69) is 0 Å². The van der Waals surface area contributed by atoms with Gasteiger partial charge in [-0.15, -0.1) is 0 Å². The van der Waals surface area contributed by atoms with Crippen molar-refractivity contribution in [3.63, 3.8) is 0 Å². The van der Waals surface area contributed by atoms with Crippen molar-refractivity contribution in [2.45, 2.75) is 55.1 Å². The molecule has 0 N–H and O–H groups in total. The molecule has 0 atom stereocenters. The van der Waals surface area contributed by atoms with Crippen molar-refractivity contribution in [2.75, 3.05) is 13.1 Å². The van der Waals surface area contributed by atoms with Crippen molar-refractivity contribution in [1.29, 1.82) is 0 Å². The summed E-state index contributed by atoms with van der Waals surface area (Å²) in [6.07, 6.45) is 6.23. The summed E-state index contributed by atoms with van der Waals surface area (Å²) in [6, 6.07) is 4.99. The average molecular weight is 353 g/mol. The molecule has 1 amide bonds. The van der Waals surface area contributed by atoms with E-state index in [4.69, 9.17) is 0 Å². The molecule has 1 aliphatic carbocycles. The van der Waals surface area contributed by atoms with E-state index < -0.39 is 20.9 Å². The molecule has 24 heavy (non-hydrogen) atoms. The lowest BCUT2D eigenvalue weighted by Crippen LogP contribution is -2.42. The van der Waals surface area contributed by atoms with Crippen LogP contribution in [0.15, 0.2) is 29.2 Å². The van der Waals surface area contributed by atoms with E-state index in [1.165, 1.54) is 37.1 Å². The number of hydrogen-bond acceptors (Lipinski definition) is 3. The van der Waals surface area contributed by atoms with E-state index >= 15 is 0 Å². The number of hydrogen-bond donors (Lipinski definition) is 0. The molecule has 6 heteroatoms. The van der Waals surface area contributed by atoms with Gasteiger partial charge in [0.1, 0.15) is 5.82 Å². The molecule has 1 saturated heterocycles. The third-order valence-corrected chi connectivity index (χ3v) is 7.59. The first-order valence-corrected chi connectivity index (χ1v) is 10.3. The average Bonchev–Trinajstić information content (AvgIpc) is 3.08. The molecular formula is C18H24FNO3S. The van der Waals surface area contributed by atoms with Gasteiger partial charge in [-0.1, -0.05) is 12.8 Å². The summed E-state index contributed by atoms with van der Waals surface area (Å²) in [4.78, 5) is 14.3. The molecular weight excluding hydrogens is 329 g/mol. The minimum absolute atomic E-state index is 0.166. The highest BCUT2D eigenvalue weighted by atomic mass is 32.2. The van der Waals surface area contributed by atoms with E-state index in [-0.39, 0.29) is 10.8 Å². The molecule has 3 rings (SSSR count). The SMILES string of the molecule is O=C(CC1CCCC1)N1CCC(S(=O)(=O)c2ccc(F)cc2)CC1. The summed E-state index contributed by atoms with van der Waals surface area (Å²) in [5.74, 6) is 0.235. The second-order valence-electron chi connectivity index (χ2n) is 6.93. The van der Waals surface area contributed by atoms with Crippen LogP contribution in [0.5, 0.6) is 0 Å². The quantitative estimate of drug-likeness (QED) is 0.781. The van der Waals surface area contributed by atoms with E-state index in [1.807, 2.05) is 4.90 Å². The Hall–Kier alpha value is -1.43. The lowest BCUT2D eigenvalue weighted by molar-refractivity contribution is -0.133. The van der Waals surface area contributed by atoms with Crippen LogP contribution < -0.4 is 0 Å². The Bertz CT molecular complexity index is 673. The zero-order valence-electron chi connectivity index (χ0n) is 13.8. The topological polar surface area (TPSA) is 54.5 Å². The van der Waals surface area contributed by atoms with Gasteiger partial charge in [-0.3, -0.25) is 4.79 Å². The Kier molecular flexibility index (Phi) is 5.23. The molecule has 0 bridgehead atoms. The van der Waals surface area contributed by atoms with Crippen molar-refractivity contribution >= 4 is 15.7 Å². The Morgan fingerprint density at radius 2 is 1.62 bits per heavy atom. The molecule has 0 unspecified atom stereocenters. The summed E-state index contributed by atoms with van der Waals surface area (Å²) in [6.45, 7) is 0.993. The van der Waals surface area contributed by atoms with Crippen LogP contribution in [0.3, 0.4) is 0 Å². The zero-order valence-corrected chi connectivity index (χ0v) is 14.6. The summed E-state index contributed by atoms with van der Waals surface area (Å²) >= 11 is 0. The molecule has 0 aromatic heterocycles. The van der Waals surface area contributed by atoms with Gasteiger partial charge >= 0.3 is 0 Å². The van der Waals surface area contributed by atoms with E-state index in [1.54, 1.807) is 0 Å². The normalized spacial score (nSPS) is 20.5. The number of carbonyl (C=O) groups excluding carboxylic acids is 1. The molecule has 132 valence electrons. The van der Waals surface area contributed by atoms with Crippen molar-refractivity contribution < 1.29 is 17.6 Å². The van der Waals surface area contributed by atoms with Gasteiger partial charge in [-0.25, -0.2) is 12.8 Å². The van der Waals surface area contributed by atoms with E-state index in [0.717, 1.165) is 12.8 Å². The third-order valence-electron chi connectivity index (χ3n) is 5.31. The number of benzene rings is 1. The van der Waals surface area contributed by atoms with Gasteiger partial charge in [0.2, 0.25) is 5.91 Å². The van der Waals surface area contributed by atoms with Crippen LogP contribution in [0.1, 0.15) is 44.9 Å². The number of carbonyl (C=O) groups is 1. The number of halogens is 1. The highest BCUT2D eigenvalue weighted by molar-refractivity contribution is 7.92. The maximum Gasteiger partial charge on any atom is 0.222 e. The van der Waals surface area contributed by atoms with Gasteiger partial charge in [0.15, 0.2) is 9.84 Å². The fourth-order valence-corrected chi connectivity index (χ4v) is 5.55. The van der Waals surface area contributed by atoms with Gasteiger partial charge in [-0.05, 0) is 55.9 Å². The van der Waals surface area contributed by atoms with E-state index in [9.17, 15) is 17.6 Å². The molecule has 1 heterocycles. The molecule has 1 aliphatic heterocycles. The standard InChI is InChI=1S/C18H24FNO3S/c19-15-5-7-16(8-6-15)24(22,23)17-9-11-20(12-10-17)18(21)13-14-3-1-2-4-14/h5-8,14,17H,1-4,9-13H2. The van der Waals surface area contributed by atoms with Gasteiger partial charge in [0, 0.05) is 19.5 Å². The molecule has 0 spiro atoms. The van der Waals surface area contributed by atoms with Crippen LogP contribution in [0, 0.1) is 11.7 Å². The summed E-state index contributed by atoms with van der Waals surface area (Å²) in [7, 11) is -3.45. The number of nitrogens with zero attached hydrogens (tertiary/aromatic N) is 1. The summed E-state index contributed by atoms with van der Waals surface area (Å²) in [5.41, 5.74) is 0. The third kappa shape index (κ3) is 3.79. The highest BCUT2D eigenvalue weighted by Crippen LogP contribution is 2.29. The first kappa shape index (κ1) is 17.4. The van der Waals surface area contributed by atoms with Crippen LogP contribution >= 0.6 is 0 Å². The smallest absolute Gasteiger partial charge is 0.222 e. The number of rotatable bonds is 4. The molecule has 2 aliphatic rings. The lowest BCUT2D eigenvalue weighted by atomic mass is 10.0. The Balaban J connectivity index is 1.57. The van der Waals surface area contributed by atoms with Gasteiger partial charge in [0.05, 0.1) is 10.1 Å². The largest absolute Gasteiger partial charge is 0.343 e. The molecule has 2 fully saturated rings. The number of likely N-dealkylation sites (tertiary alicyclic amines) is 1. The first-order chi connectivity index (χ1) is 11.5. The van der Waals surface area contributed by atoms with Gasteiger partial charge < -0.3 is 4.90 Å². The predicted octanol–water partition coefficient (Wildman–Crippen LogP) is 3.17. The van der Waals surface area contributed by atoms with Crippen molar-refractivity contribution in [3.05, 3.63) is 30.1 Å². The van der Waals surface area contributed by atoms with E-state index in [0.29, 0.717) is 38.3 Å². The number of sulfone groups is 1. The molecule has 1 aromatic carbocycles. The van der Waals surface area contributed by atoms with Crippen LogP contribution in [-0.4, -0.2) is 37.6 Å². The predicted molar refractivity (Wildman–Crippen MR) is 89.8 cm³/mol. The maximum atomic E-state index is 13.0. The first-order valence-electron chi connectivity index (χ1n) is 8.74. The lowest BCUT2D eigenvalue weighted by Gasteiger charge is -2.32. The second-order valence-corrected chi connectivity index (χ2v) is 9.16. The van der Waals surface area contributed by atoms with Crippen molar-refractivity contribution in [1.82, 2.24) is 4.90 Å². The summed E-state index contributed by atoms with van der Waals surface area (Å²) < 4.78 is 38.2. The molecule has 0 radical (unpaired) electrons. The Labute approximate surface area is 143 Å². The second kappa shape index (κ2) is 7.21. The minimum atomic E-state index is -3.45. The minimum Gasteiger partial charge on any atom is -0.343 e. The van der Waals surface area contributed by atoms with Crippen LogP contribution in [0.4, 0.5) is 4.39 Å². The zero-order chi connectivity index (χ0) is 17.2. The fraction of sp³-hybridized carbons (Fsp3) is 0.611. The Morgan fingerprint density at radius 3 is 2.21 bits per heavy atom. The molecule has 4 nitrogen and oxygen atoms in total. The van der Waals surface area contributed by atoms with Crippen LogP contribution in [-0.2, 0) is 14.6 Å². The van der Waals surface area contributed by atoms with Crippen LogP contribution in [0.25, 0.3) is 0 Å². The summed E-state index contributed by atoms with van der Waals surface area (Å²) in [5, 5.41) is -0.488. The van der Waals surface area contributed by atoms with Crippen molar-refractivity contribution in [3.8, 4) is 0 Å². The molecule has 1 saturated carbocycles. The fourth-order valence-electron chi connectivity index (χ4n) is 3.82. The Morgan fingerprint density at radius 1 is 1.04 bits per heavy atom. The van der Waals surface area contributed by atoms with Crippen LogP contribution in [0.2, 0.25) is 0 Å². The number of amides is 1. The van der Waals surface area contributed by atoms with Crippen molar-refractivity contribution in [2.24, 2.45) is 5.92 Å². The van der Waals surface area contributed by atoms with Gasteiger partial charge in [0.25, 0.3) is 0 Å². The number of piperidine rings is 1. The molecule has 1 aromatic rings. The highest BCUT2D eigenvalue weighted by Gasteiger charge is 2.33. The monoisotopic (exact) mass is 353 g/mol. The van der Waals surface area contributed by atoms with Gasteiger partial charge in [-0.2, -0.15) is 0 Å². The maximum absolute atomic E-state index is 13.0.